The summed E-state index contributed by atoms with van der Waals surface area (Å²) < 4.78 is 23.3. The summed E-state index contributed by atoms with van der Waals surface area (Å²) >= 11 is 0. The molecule has 2 aromatic carbocycles. The summed E-state index contributed by atoms with van der Waals surface area (Å²) in [4.78, 5) is 12.5. The molecule has 0 aliphatic rings. The Morgan fingerprint density at radius 1 is 1.05 bits per heavy atom. The Morgan fingerprint density at radius 2 is 1.80 bits per heavy atom. The summed E-state index contributed by atoms with van der Waals surface area (Å²) in [5.74, 6) is 0.0873. The molecule has 2 N–H and O–H groups in total. The van der Waals surface area contributed by atoms with Gasteiger partial charge in [-0.05, 0) is 36.4 Å². The van der Waals surface area contributed by atoms with E-state index in [1.54, 1.807) is 18.2 Å². The van der Waals surface area contributed by atoms with Gasteiger partial charge in [-0.1, -0.05) is 0 Å². The number of ketones is 1. The standard InChI is InChI=1S/C15H14FNO3/c1-19-10-4-6-14(20-2)12(8-10)15(18)11-5-3-9(16)7-13(11)17/h3-8H,17H2,1-2H3. The molecule has 2 rings (SSSR count). The van der Waals surface area contributed by atoms with E-state index in [1.165, 1.54) is 26.4 Å². The summed E-state index contributed by atoms with van der Waals surface area (Å²) in [6, 6.07) is 8.53. The van der Waals surface area contributed by atoms with Crippen LogP contribution in [0, 0.1) is 5.82 Å². The number of benzene rings is 2. The lowest BCUT2D eigenvalue weighted by Crippen LogP contribution is -2.07. The van der Waals surface area contributed by atoms with Gasteiger partial charge in [-0.15, -0.1) is 0 Å². The number of nitrogen functional groups attached to an aromatic ring is 1. The normalized spacial score (nSPS) is 10.2. The number of hydrogen-bond donors (Lipinski definition) is 1. The fourth-order valence-electron chi connectivity index (χ4n) is 1.88. The molecular formula is C15H14FNO3. The Balaban J connectivity index is 2.51. The van der Waals surface area contributed by atoms with Crippen LogP contribution >= 0.6 is 0 Å². The van der Waals surface area contributed by atoms with Crippen molar-refractivity contribution >= 4 is 11.5 Å². The third kappa shape index (κ3) is 2.56. The lowest BCUT2D eigenvalue weighted by atomic mass is 10.0. The molecule has 20 heavy (non-hydrogen) atoms. The van der Waals surface area contributed by atoms with Gasteiger partial charge >= 0.3 is 0 Å². The summed E-state index contributed by atoms with van der Waals surface area (Å²) in [5, 5.41) is 0. The average Bonchev–Trinajstić information content (AvgIpc) is 2.46. The first kappa shape index (κ1) is 13.9. The molecule has 0 unspecified atom stereocenters. The maximum absolute atomic E-state index is 13.0. The van der Waals surface area contributed by atoms with E-state index < -0.39 is 5.82 Å². The average molecular weight is 275 g/mol. The van der Waals surface area contributed by atoms with Gasteiger partial charge in [0, 0.05) is 11.3 Å². The van der Waals surface area contributed by atoms with Crippen LogP contribution in [0.25, 0.3) is 0 Å². The van der Waals surface area contributed by atoms with Gasteiger partial charge in [-0.3, -0.25) is 4.79 Å². The van der Waals surface area contributed by atoms with E-state index in [4.69, 9.17) is 15.2 Å². The Labute approximate surface area is 115 Å². The van der Waals surface area contributed by atoms with Gasteiger partial charge in [0.05, 0.1) is 19.8 Å². The summed E-state index contributed by atoms with van der Waals surface area (Å²) in [6.45, 7) is 0. The predicted molar refractivity (Wildman–Crippen MR) is 73.8 cm³/mol. The van der Waals surface area contributed by atoms with Crippen LogP contribution in [0.15, 0.2) is 36.4 Å². The zero-order valence-electron chi connectivity index (χ0n) is 11.1. The number of carbonyl (C=O) groups is 1. The number of anilines is 1. The maximum Gasteiger partial charge on any atom is 0.198 e. The van der Waals surface area contributed by atoms with Crippen LogP contribution in [0.2, 0.25) is 0 Å². The zero-order valence-corrected chi connectivity index (χ0v) is 11.1. The van der Waals surface area contributed by atoms with Gasteiger partial charge in [0.2, 0.25) is 0 Å². The second kappa shape index (κ2) is 5.61. The predicted octanol–water partition coefficient (Wildman–Crippen LogP) is 2.66. The quantitative estimate of drug-likeness (QED) is 0.688. The van der Waals surface area contributed by atoms with Gasteiger partial charge in [0.15, 0.2) is 5.78 Å². The number of halogens is 1. The number of carbonyl (C=O) groups excluding carboxylic acids is 1. The molecule has 104 valence electrons. The lowest BCUT2D eigenvalue weighted by Gasteiger charge is -2.11. The molecule has 0 aliphatic heterocycles. The van der Waals surface area contributed by atoms with Gasteiger partial charge in [0.25, 0.3) is 0 Å². The monoisotopic (exact) mass is 275 g/mol. The molecule has 4 nitrogen and oxygen atoms in total. The summed E-state index contributed by atoms with van der Waals surface area (Å²) in [6.07, 6.45) is 0. The highest BCUT2D eigenvalue weighted by Gasteiger charge is 2.18. The maximum atomic E-state index is 13.0. The van der Waals surface area contributed by atoms with E-state index in [0.717, 1.165) is 6.07 Å². The van der Waals surface area contributed by atoms with E-state index >= 15 is 0 Å². The van der Waals surface area contributed by atoms with Gasteiger partial charge in [-0.25, -0.2) is 4.39 Å². The van der Waals surface area contributed by atoms with Crippen LogP contribution in [-0.2, 0) is 0 Å². The van der Waals surface area contributed by atoms with Crippen molar-refractivity contribution in [3.05, 3.63) is 53.3 Å². The third-order valence-corrected chi connectivity index (χ3v) is 2.91. The highest BCUT2D eigenvalue weighted by molar-refractivity contribution is 6.13. The van der Waals surface area contributed by atoms with E-state index in [-0.39, 0.29) is 17.0 Å². The number of nitrogens with two attached hydrogens (primary N) is 1. The Morgan fingerprint density at radius 3 is 2.40 bits per heavy atom. The minimum absolute atomic E-state index is 0.0832. The number of rotatable bonds is 4. The molecule has 0 saturated carbocycles. The molecule has 2 aromatic rings. The summed E-state index contributed by atoms with van der Waals surface area (Å²) in [5.41, 5.74) is 6.30. The molecule has 0 atom stereocenters. The van der Waals surface area contributed by atoms with Crippen molar-refractivity contribution in [1.29, 1.82) is 0 Å². The number of methoxy groups -OCH3 is 2. The fraction of sp³-hybridized carbons (Fsp3) is 0.133. The van der Waals surface area contributed by atoms with Crippen LogP contribution in [-0.4, -0.2) is 20.0 Å². The van der Waals surface area contributed by atoms with E-state index in [1.807, 2.05) is 0 Å². The first-order chi connectivity index (χ1) is 9.56. The highest BCUT2D eigenvalue weighted by Crippen LogP contribution is 2.28. The lowest BCUT2D eigenvalue weighted by molar-refractivity contribution is 0.103. The number of ether oxygens (including phenoxy) is 2. The third-order valence-electron chi connectivity index (χ3n) is 2.91. The van der Waals surface area contributed by atoms with Crippen LogP contribution in [0.5, 0.6) is 11.5 Å². The van der Waals surface area contributed by atoms with Crippen molar-refractivity contribution in [2.45, 2.75) is 0 Å². The highest BCUT2D eigenvalue weighted by atomic mass is 19.1. The molecule has 5 heteroatoms. The topological polar surface area (TPSA) is 61.5 Å². The molecule has 0 amide bonds. The first-order valence-electron chi connectivity index (χ1n) is 5.88. The van der Waals surface area contributed by atoms with Crippen molar-refractivity contribution in [1.82, 2.24) is 0 Å². The van der Waals surface area contributed by atoms with Gasteiger partial charge in [-0.2, -0.15) is 0 Å². The largest absolute Gasteiger partial charge is 0.497 e. The Bertz CT molecular complexity index is 656. The fourth-order valence-corrected chi connectivity index (χ4v) is 1.88. The smallest absolute Gasteiger partial charge is 0.198 e. The van der Waals surface area contributed by atoms with E-state index in [9.17, 15) is 9.18 Å². The number of hydrogen-bond acceptors (Lipinski definition) is 4. The molecule has 0 spiro atoms. The molecule has 0 heterocycles. The zero-order chi connectivity index (χ0) is 14.7. The minimum Gasteiger partial charge on any atom is -0.497 e. The van der Waals surface area contributed by atoms with E-state index in [0.29, 0.717) is 17.1 Å². The van der Waals surface area contributed by atoms with Crippen molar-refractivity contribution in [3.63, 3.8) is 0 Å². The van der Waals surface area contributed by atoms with E-state index in [2.05, 4.69) is 0 Å². The molecule has 0 saturated heterocycles. The van der Waals surface area contributed by atoms with Crippen molar-refractivity contribution < 1.29 is 18.7 Å². The molecule has 0 aliphatic carbocycles. The van der Waals surface area contributed by atoms with Crippen LogP contribution in [0.4, 0.5) is 10.1 Å². The summed E-state index contributed by atoms with van der Waals surface area (Å²) in [7, 11) is 2.97. The Kier molecular flexibility index (Phi) is 3.89. The first-order valence-corrected chi connectivity index (χ1v) is 5.88. The molecule has 0 bridgehead atoms. The van der Waals surface area contributed by atoms with Gasteiger partial charge in [0.1, 0.15) is 17.3 Å². The van der Waals surface area contributed by atoms with Crippen LogP contribution in [0.3, 0.4) is 0 Å². The molecular weight excluding hydrogens is 261 g/mol. The molecule has 0 aromatic heterocycles. The van der Waals surface area contributed by atoms with Crippen molar-refractivity contribution in [3.8, 4) is 11.5 Å². The SMILES string of the molecule is COc1ccc(OC)c(C(=O)c2ccc(F)cc2N)c1. The second-order valence-corrected chi connectivity index (χ2v) is 4.13. The molecule has 0 radical (unpaired) electrons. The van der Waals surface area contributed by atoms with Crippen molar-refractivity contribution in [2.75, 3.05) is 20.0 Å². The van der Waals surface area contributed by atoms with Gasteiger partial charge < -0.3 is 15.2 Å². The van der Waals surface area contributed by atoms with Crippen LogP contribution < -0.4 is 15.2 Å². The van der Waals surface area contributed by atoms with Crippen LogP contribution in [0.1, 0.15) is 15.9 Å². The minimum atomic E-state index is -0.489. The Hall–Kier alpha value is -2.56. The second-order valence-electron chi connectivity index (χ2n) is 4.13. The van der Waals surface area contributed by atoms with Crippen molar-refractivity contribution in [2.24, 2.45) is 0 Å². The molecule has 0 fully saturated rings.